The Labute approximate surface area is 155 Å². The summed E-state index contributed by atoms with van der Waals surface area (Å²) in [4.78, 5) is 0.361. The van der Waals surface area contributed by atoms with Gasteiger partial charge < -0.3 is 0 Å². The second-order valence-electron chi connectivity index (χ2n) is 6.60. The molecule has 26 heavy (non-hydrogen) atoms. The maximum Gasteiger partial charge on any atom is 0.241 e. The van der Waals surface area contributed by atoms with E-state index >= 15 is 0 Å². The number of benzene rings is 3. The van der Waals surface area contributed by atoms with Gasteiger partial charge in [0.1, 0.15) is 0 Å². The molecule has 0 saturated carbocycles. The number of aryl methyl sites for hydroxylation is 3. The molecule has 4 heteroatoms. The van der Waals surface area contributed by atoms with E-state index in [1.165, 1.54) is 0 Å². The number of nitrogens with one attached hydrogen (secondary N) is 1. The molecule has 0 aliphatic heterocycles. The van der Waals surface area contributed by atoms with Gasteiger partial charge in [0.2, 0.25) is 10.0 Å². The Balaban J connectivity index is 2.07. The van der Waals surface area contributed by atoms with Gasteiger partial charge in [0, 0.05) is 0 Å². The average molecular weight is 365 g/mol. The van der Waals surface area contributed by atoms with E-state index in [0.717, 1.165) is 27.8 Å². The summed E-state index contributed by atoms with van der Waals surface area (Å²) < 4.78 is 29.4. The van der Waals surface area contributed by atoms with Crippen molar-refractivity contribution < 1.29 is 8.42 Å². The van der Waals surface area contributed by atoms with Crippen LogP contribution in [0.3, 0.4) is 0 Å². The largest absolute Gasteiger partial charge is 0.241 e. The van der Waals surface area contributed by atoms with Crippen molar-refractivity contribution in [3.63, 3.8) is 0 Å². The molecule has 0 unspecified atom stereocenters. The summed E-state index contributed by atoms with van der Waals surface area (Å²) in [6.45, 7) is 5.66. The lowest BCUT2D eigenvalue weighted by Gasteiger charge is -2.21. The maximum absolute atomic E-state index is 13.2. The smallest absolute Gasteiger partial charge is 0.207 e. The minimum absolute atomic E-state index is 0.361. The molecule has 0 aliphatic rings. The fraction of sp³-hybridized carbons (Fsp3) is 0.182. The summed E-state index contributed by atoms with van der Waals surface area (Å²) in [5, 5.41) is 0. The van der Waals surface area contributed by atoms with Crippen LogP contribution < -0.4 is 4.72 Å². The normalized spacial score (nSPS) is 11.7. The molecule has 0 bridgehead atoms. The molecular weight excluding hydrogens is 342 g/mol. The van der Waals surface area contributed by atoms with E-state index in [0.29, 0.717) is 4.90 Å². The van der Waals surface area contributed by atoms with Crippen LogP contribution >= 0.6 is 0 Å². The van der Waals surface area contributed by atoms with Crippen LogP contribution in [0.5, 0.6) is 0 Å². The van der Waals surface area contributed by atoms with Gasteiger partial charge in [0.05, 0.1) is 10.9 Å². The van der Waals surface area contributed by atoms with Gasteiger partial charge in [-0.3, -0.25) is 0 Å². The highest BCUT2D eigenvalue weighted by Gasteiger charge is 2.25. The van der Waals surface area contributed by atoms with Crippen LogP contribution in [-0.4, -0.2) is 8.42 Å². The van der Waals surface area contributed by atoms with Crippen LogP contribution in [0.15, 0.2) is 77.7 Å². The predicted molar refractivity (Wildman–Crippen MR) is 106 cm³/mol. The van der Waals surface area contributed by atoms with Crippen LogP contribution in [0, 0.1) is 20.8 Å². The highest BCUT2D eigenvalue weighted by atomic mass is 32.2. The van der Waals surface area contributed by atoms with Gasteiger partial charge in [-0.2, -0.15) is 4.72 Å². The summed E-state index contributed by atoms with van der Waals surface area (Å²) in [5.41, 5.74) is 4.39. The highest BCUT2D eigenvalue weighted by molar-refractivity contribution is 7.89. The van der Waals surface area contributed by atoms with Crippen molar-refractivity contribution in [2.24, 2.45) is 0 Å². The number of hydrogen-bond donors (Lipinski definition) is 1. The summed E-state index contributed by atoms with van der Waals surface area (Å²) in [7, 11) is -3.68. The summed E-state index contributed by atoms with van der Waals surface area (Å²) in [5.74, 6) is 0. The van der Waals surface area contributed by atoms with E-state index in [1.807, 2.05) is 93.6 Å². The molecule has 0 aromatic heterocycles. The molecule has 3 aromatic rings. The summed E-state index contributed by atoms with van der Waals surface area (Å²) >= 11 is 0. The average Bonchev–Trinajstić information content (AvgIpc) is 2.60. The first kappa shape index (κ1) is 18.4. The number of hydrogen-bond acceptors (Lipinski definition) is 2. The molecule has 0 atom stereocenters. The third-order valence-corrected chi connectivity index (χ3v) is 6.14. The van der Waals surface area contributed by atoms with Crippen LogP contribution in [0.25, 0.3) is 0 Å². The van der Waals surface area contributed by atoms with Gasteiger partial charge in [-0.15, -0.1) is 0 Å². The quantitative estimate of drug-likeness (QED) is 0.713. The summed E-state index contributed by atoms with van der Waals surface area (Å²) in [6.07, 6.45) is 0. The lowest BCUT2D eigenvalue weighted by Crippen LogP contribution is -2.30. The van der Waals surface area contributed by atoms with Crippen molar-refractivity contribution in [1.29, 1.82) is 0 Å². The fourth-order valence-electron chi connectivity index (χ4n) is 3.42. The minimum Gasteiger partial charge on any atom is -0.207 e. The molecule has 0 fully saturated rings. The molecule has 134 valence electrons. The molecule has 3 nitrogen and oxygen atoms in total. The van der Waals surface area contributed by atoms with Crippen LogP contribution in [-0.2, 0) is 10.0 Å². The zero-order valence-electron chi connectivity index (χ0n) is 15.2. The monoisotopic (exact) mass is 365 g/mol. The van der Waals surface area contributed by atoms with Crippen LogP contribution in [0.4, 0.5) is 0 Å². The Morgan fingerprint density at radius 2 is 1.15 bits per heavy atom. The first-order valence-electron chi connectivity index (χ1n) is 8.58. The van der Waals surface area contributed by atoms with E-state index in [2.05, 4.69) is 4.72 Å². The molecule has 1 N–H and O–H groups in total. The topological polar surface area (TPSA) is 46.2 Å². The predicted octanol–water partition coefficient (Wildman–Crippen LogP) is 4.68. The Morgan fingerprint density at radius 1 is 0.731 bits per heavy atom. The van der Waals surface area contributed by atoms with Gasteiger partial charge >= 0.3 is 0 Å². The van der Waals surface area contributed by atoms with E-state index < -0.39 is 16.1 Å². The molecule has 0 heterocycles. The molecule has 0 amide bonds. The second kappa shape index (κ2) is 7.44. The van der Waals surface area contributed by atoms with E-state index in [4.69, 9.17) is 0 Å². The Bertz CT molecular complexity index is 934. The SMILES string of the molecule is Cc1cc(C)c(S(=O)(=O)NC(c2ccccc2)c2ccccc2)c(C)c1. The summed E-state index contributed by atoms with van der Waals surface area (Å²) in [6, 6.07) is 22.6. The molecule has 0 spiro atoms. The molecule has 0 aliphatic carbocycles. The van der Waals surface area contributed by atoms with Gasteiger partial charge in [-0.1, -0.05) is 78.4 Å². The first-order chi connectivity index (χ1) is 12.4. The van der Waals surface area contributed by atoms with Crippen LogP contribution in [0.2, 0.25) is 0 Å². The third kappa shape index (κ3) is 3.87. The van der Waals surface area contributed by atoms with Crippen molar-refractivity contribution in [1.82, 2.24) is 4.72 Å². The lowest BCUT2D eigenvalue weighted by molar-refractivity contribution is 0.571. The van der Waals surface area contributed by atoms with E-state index in [9.17, 15) is 8.42 Å². The van der Waals surface area contributed by atoms with Gasteiger partial charge in [0.15, 0.2) is 0 Å². The van der Waals surface area contributed by atoms with E-state index in [1.54, 1.807) is 0 Å². The van der Waals surface area contributed by atoms with Gasteiger partial charge in [-0.05, 0) is 43.0 Å². The van der Waals surface area contributed by atoms with Gasteiger partial charge in [-0.25, -0.2) is 8.42 Å². The Morgan fingerprint density at radius 3 is 1.58 bits per heavy atom. The van der Waals surface area contributed by atoms with Crippen molar-refractivity contribution in [2.75, 3.05) is 0 Å². The third-order valence-electron chi connectivity index (χ3n) is 4.41. The van der Waals surface area contributed by atoms with Crippen molar-refractivity contribution in [3.05, 3.63) is 101 Å². The molecule has 0 radical (unpaired) electrons. The van der Waals surface area contributed by atoms with Gasteiger partial charge in [0.25, 0.3) is 0 Å². The molecule has 3 aromatic carbocycles. The molecule has 0 saturated heterocycles. The van der Waals surface area contributed by atoms with Crippen molar-refractivity contribution in [2.45, 2.75) is 31.7 Å². The zero-order chi connectivity index (χ0) is 18.7. The minimum atomic E-state index is -3.68. The number of rotatable bonds is 5. The molecular formula is C22H23NO2S. The van der Waals surface area contributed by atoms with Crippen LogP contribution in [0.1, 0.15) is 33.9 Å². The number of sulfonamides is 1. The molecule has 3 rings (SSSR count). The zero-order valence-corrected chi connectivity index (χ0v) is 16.0. The standard InChI is InChI=1S/C22H23NO2S/c1-16-14-17(2)22(18(3)15-16)26(24,25)23-21(19-10-6-4-7-11-19)20-12-8-5-9-13-20/h4-15,21,23H,1-3H3. The van der Waals surface area contributed by atoms with E-state index in [-0.39, 0.29) is 0 Å². The van der Waals surface area contributed by atoms with Crippen molar-refractivity contribution in [3.8, 4) is 0 Å². The lowest BCUT2D eigenvalue weighted by atomic mass is 10.00. The Hall–Kier alpha value is -2.43. The first-order valence-corrected chi connectivity index (χ1v) is 10.1. The highest BCUT2D eigenvalue weighted by Crippen LogP contribution is 2.27. The maximum atomic E-state index is 13.2. The Kier molecular flexibility index (Phi) is 5.25. The fourth-order valence-corrected chi connectivity index (χ4v) is 5.09. The van der Waals surface area contributed by atoms with Crippen molar-refractivity contribution >= 4 is 10.0 Å². The second-order valence-corrected chi connectivity index (χ2v) is 8.25.